The van der Waals surface area contributed by atoms with E-state index in [1.54, 1.807) is 0 Å². The van der Waals surface area contributed by atoms with Crippen molar-refractivity contribution in [2.75, 3.05) is 33.9 Å². The number of hydrogen-bond donors (Lipinski definition) is 1. The lowest BCUT2D eigenvalue weighted by Gasteiger charge is -2.35. The van der Waals surface area contributed by atoms with Crippen LogP contribution >= 0.6 is 0 Å². The second-order valence-electron chi connectivity index (χ2n) is 3.96. The summed E-state index contributed by atoms with van der Waals surface area (Å²) in [5.74, 6) is 0. The zero-order chi connectivity index (χ0) is 9.68. The van der Waals surface area contributed by atoms with Crippen LogP contribution < -0.4 is 5.32 Å². The quantitative estimate of drug-likeness (QED) is 0.699. The van der Waals surface area contributed by atoms with Gasteiger partial charge in [-0.05, 0) is 20.5 Å². The third kappa shape index (κ3) is 3.25. The zero-order valence-corrected chi connectivity index (χ0v) is 9.05. The summed E-state index contributed by atoms with van der Waals surface area (Å²) in [6.07, 6.45) is 2.48. The van der Waals surface area contributed by atoms with Crippen molar-refractivity contribution in [3.63, 3.8) is 0 Å². The molecule has 3 nitrogen and oxygen atoms in total. The van der Waals surface area contributed by atoms with Gasteiger partial charge in [-0.2, -0.15) is 0 Å². The molecule has 0 aromatic heterocycles. The molecule has 0 aromatic carbocycles. The predicted molar refractivity (Wildman–Crippen MR) is 55.0 cm³/mol. The van der Waals surface area contributed by atoms with Crippen LogP contribution in [0.25, 0.3) is 0 Å². The first-order chi connectivity index (χ1) is 6.25. The molecule has 1 fully saturated rings. The fourth-order valence-electron chi connectivity index (χ4n) is 1.95. The van der Waals surface area contributed by atoms with Crippen LogP contribution in [-0.2, 0) is 4.74 Å². The van der Waals surface area contributed by atoms with Gasteiger partial charge in [-0.25, -0.2) is 0 Å². The lowest BCUT2D eigenvalue weighted by atomic mass is 10.0. The number of nitrogens with one attached hydrogen (secondary N) is 1. The molecule has 0 radical (unpaired) electrons. The number of nitrogens with zero attached hydrogens (tertiary/aromatic N) is 1. The molecule has 1 rings (SSSR count). The van der Waals surface area contributed by atoms with E-state index in [-0.39, 0.29) is 0 Å². The van der Waals surface area contributed by atoms with E-state index in [4.69, 9.17) is 4.74 Å². The second-order valence-corrected chi connectivity index (χ2v) is 3.96. The Morgan fingerprint density at radius 2 is 2.31 bits per heavy atom. The van der Waals surface area contributed by atoms with Gasteiger partial charge < -0.3 is 15.0 Å². The molecule has 1 saturated heterocycles. The number of likely N-dealkylation sites (N-methyl/N-ethyl adjacent to an activating group) is 1. The second kappa shape index (κ2) is 5.58. The normalized spacial score (nSPS) is 26.3. The third-order valence-corrected chi connectivity index (χ3v) is 2.66. The average molecular weight is 186 g/mol. The summed E-state index contributed by atoms with van der Waals surface area (Å²) in [6.45, 7) is 4.96. The van der Waals surface area contributed by atoms with Gasteiger partial charge in [0.05, 0.1) is 13.2 Å². The van der Waals surface area contributed by atoms with Crippen molar-refractivity contribution in [1.29, 1.82) is 0 Å². The van der Waals surface area contributed by atoms with Crippen molar-refractivity contribution in [2.24, 2.45) is 0 Å². The number of morpholine rings is 1. The van der Waals surface area contributed by atoms with E-state index in [2.05, 4.69) is 31.2 Å². The molecule has 1 N–H and O–H groups in total. The van der Waals surface area contributed by atoms with E-state index in [0.29, 0.717) is 12.1 Å². The number of hydrogen-bond acceptors (Lipinski definition) is 3. The number of ether oxygens (including phenoxy) is 1. The average Bonchev–Trinajstić information content (AvgIpc) is 2.15. The van der Waals surface area contributed by atoms with E-state index in [0.717, 1.165) is 19.8 Å². The monoisotopic (exact) mass is 186 g/mol. The van der Waals surface area contributed by atoms with E-state index in [9.17, 15) is 0 Å². The smallest absolute Gasteiger partial charge is 0.0635 e. The van der Waals surface area contributed by atoms with Crippen molar-refractivity contribution in [2.45, 2.75) is 31.8 Å². The Kier molecular flexibility index (Phi) is 4.70. The summed E-state index contributed by atoms with van der Waals surface area (Å²) in [5, 5.41) is 3.52. The molecular formula is C10H22N2O. The highest BCUT2D eigenvalue weighted by atomic mass is 16.5. The van der Waals surface area contributed by atoms with Crippen molar-refractivity contribution >= 4 is 0 Å². The fourth-order valence-corrected chi connectivity index (χ4v) is 1.95. The van der Waals surface area contributed by atoms with Crippen LogP contribution in [-0.4, -0.2) is 50.8 Å². The largest absolute Gasteiger partial charge is 0.378 e. The Morgan fingerprint density at radius 3 is 2.77 bits per heavy atom. The molecule has 0 amide bonds. The van der Waals surface area contributed by atoms with E-state index >= 15 is 0 Å². The minimum Gasteiger partial charge on any atom is -0.378 e. The maximum atomic E-state index is 5.47. The van der Waals surface area contributed by atoms with Crippen molar-refractivity contribution < 1.29 is 4.74 Å². The molecule has 0 spiro atoms. The molecule has 3 heteroatoms. The minimum atomic E-state index is 0.517. The molecule has 0 bridgehead atoms. The summed E-state index contributed by atoms with van der Waals surface area (Å²) in [6, 6.07) is 1.13. The van der Waals surface area contributed by atoms with E-state index in [1.807, 2.05) is 0 Å². The highest BCUT2D eigenvalue weighted by Crippen LogP contribution is 2.10. The van der Waals surface area contributed by atoms with Crippen molar-refractivity contribution in [3.05, 3.63) is 0 Å². The third-order valence-electron chi connectivity index (χ3n) is 2.66. The highest BCUT2D eigenvalue weighted by molar-refractivity contribution is 4.83. The summed E-state index contributed by atoms with van der Waals surface area (Å²) >= 11 is 0. The fraction of sp³-hybridized carbons (Fsp3) is 1.00. The Bertz CT molecular complexity index is 133. The molecular weight excluding hydrogens is 164 g/mol. The summed E-state index contributed by atoms with van der Waals surface area (Å²) in [7, 11) is 4.30. The molecule has 1 aliphatic heterocycles. The first-order valence-corrected chi connectivity index (χ1v) is 5.23. The molecule has 0 aliphatic carbocycles. The maximum absolute atomic E-state index is 5.47. The van der Waals surface area contributed by atoms with Gasteiger partial charge in [0.2, 0.25) is 0 Å². The standard InChI is InChI=1S/C10H22N2O/c1-4-5-10(12(2)3)9-8-13-7-6-11-9/h9-11H,4-8H2,1-3H3. The van der Waals surface area contributed by atoms with Crippen LogP contribution in [0.2, 0.25) is 0 Å². The Labute approximate surface area is 81.4 Å². The van der Waals surface area contributed by atoms with Crippen LogP contribution in [0.1, 0.15) is 19.8 Å². The van der Waals surface area contributed by atoms with E-state index < -0.39 is 0 Å². The minimum absolute atomic E-state index is 0.517. The van der Waals surface area contributed by atoms with Gasteiger partial charge in [-0.15, -0.1) is 0 Å². The van der Waals surface area contributed by atoms with Gasteiger partial charge in [0.25, 0.3) is 0 Å². The molecule has 78 valence electrons. The van der Waals surface area contributed by atoms with Gasteiger partial charge in [-0.1, -0.05) is 13.3 Å². The van der Waals surface area contributed by atoms with Crippen molar-refractivity contribution in [3.8, 4) is 0 Å². The molecule has 13 heavy (non-hydrogen) atoms. The first-order valence-electron chi connectivity index (χ1n) is 5.23. The summed E-state index contributed by atoms with van der Waals surface area (Å²) < 4.78 is 5.47. The van der Waals surface area contributed by atoms with Gasteiger partial charge in [0.1, 0.15) is 0 Å². The molecule has 1 heterocycles. The number of rotatable bonds is 4. The Hall–Kier alpha value is -0.120. The predicted octanol–water partition coefficient (Wildman–Crippen LogP) is 0.705. The Morgan fingerprint density at radius 1 is 1.54 bits per heavy atom. The highest BCUT2D eigenvalue weighted by Gasteiger charge is 2.24. The van der Waals surface area contributed by atoms with Gasteiger partial charge in [0, 0.05) is 18.6 Å². The van der Waals surface area contributed by atoms with Crippen LogP contribution in [0, 0.1) is 0 Å². The topological polar surface area (TPSA) is 24.5 Å². The van der Waals surface area contributed by atoms with Gasteiger partial charge in [0.15, 0.2) is 0 Å². The maximum Gasteiger partial charge on any atom is 0.0635 e. The van der Waals surface area contributed by atoms with Crippen LogP contribution in [0.4, 0.5) is 0 Å². The van der Waals surface area contributed by atoms with E-state index in [1.165, 1.54) is 12.8 Å². The lowest BCUT2D eigenvalue weighted by molar-refractivity contribution is 0.0441. The van der Waals surface area contributed by atoms with Crippen LogP contribution in [0.15, 0.2) is 0 Å². The van der Waals surface area contributed by atoms with Gasteiger partial charge in [-0.3, -0.25) is 0 Å². The molecule has 2 unspecified atom stereocenters. The lowest BCUT2D eigenvalue weighted by Crippen LogP contribution is -2.53. The first kappa shape index (κ1) is 11.0. The van der Waals surface area contributed by atoms with Crippen LogP contribution in [0.3, 0.4) is 0 Å². The van der Waals surface area contributed by atoms with Crippen LogP contribution in [0.5, 0.6) is 0 Å². The Balaban J connectivity index is 2.41. The molecule has 1 aliphatic rings. The summed E-state index contributed by atoms with van der Waals surface area (Å²) in [4.78, 5) is 2.30. The summed E-state index contributed by atoms with van der Waals surface area (Å²) in [5.41, 5.74) is 0. The van der Waals surface area contributed by atoms with Gasteiger partial charge >= 0.3 is 0 Å². The molecule has 2 atom stereocenters. The van der Waals surface area contributed by atoms with Crippen molar-refractivity contribution in [1.82, 2.24) is 10.2 Å². The zero-order valence-electron chi connectivity index (χ0n) is 9.05. The molecule has 0 saturated carbocycles. The SMILES string of the molecule is CCCC(C1COCCN1)N(C)C. The molecule has 0 aromatic rings.